The Bertz CT molecular complexity index is 316. The summed E-state index contributed by atoms with van der Waals surface area (Å²) in [6.07, 6.45) is 0. The van der Waals surface area contributed by atoms with Crippen LogP contribution in [0.3, 0.4) is 0 Å². The van der Waals surface area contributed by atoms with Crippen LogP contribution in [0.1, 0.15) is 0 Å². The molecule has 0 fully saturated rings. The van der Waals surface area contributed by atoms with Gasteiger partial charge in [-0.25, -0.2) is 0 Å². The second kappa shape index (κ2) is 4.18. The zero-order chi connectivity index (χ0) is 9.84. The van der Waals surface area contributed by atoms with E-state index < -0.39 is 5.24 Å². The van der Waals surface area contributed by atoms with Crippen LogP contribution >= 0.6 is 12.2 Å². The molecule has 0 aliphatic rings. The minimum absolute atomic E-state index is 0.659. The molecule has 1 aromatic carbocycles. The van der Waals surface area contributed by atoms with Crippen LogP contribution in [0, 0.1) is 0 Å². The summed E-state index contributed by atoms with van der Waals surface area (Å²) in [6, 6.07) is 7.04. The number of hydrogen-bond donors (Lipinski definition) is 0. The van der Waals surface area contributed by atoms with Crippen molar-refractivity contribution in [3.63, 3.8) is 0 Å². The average molecular weight is 199 g/mol. The van der Waals surface area contributed by atoms with E-state index in [4.69, 9.17) is 4.74 Å². The molecular formula is C9H10FNOS. The molecule has 0 aliphatic carbocycles. The Balaban J connectivity index is 2.94. The first kappa shape index (κ1) is 9.92. The minimum Gasteiger partial charge on any atom is -0.497 e. The molecule has 0 unspecified atom stereocenters. The van der Waals surface area contributed by atoms with E-state index in [9.17, 15) is 4.39 Å². The highest BCUT2D eigenvalue weighted by Crippen LogP contribution is 2.20. The molecule has 4 heteroatoms. The third kappa shape index (κ3) is 2.39. The van der Waals surface area contributed by atoms with Crippen LogP contribution in [-0.2, 0) is 0 Å². The van der Waals surface area contributed by atoms with E-state index in [1.165, 1.54) is 4.90 Å². The van der Waals surface area contributed by atoms with Gasteiger partial charge in [0.15, 0.2) is 0 Å². The molecule has 0 saturated carbocycles. The predicted octanol–water partition coefficient (Wildman–Crippen LogP) is 2.39. The molecule has 0 aliphatic heterocycles. The van der Waals surface area contributed by atoms with Crippen LogP contribution in [-0.4, -0.2) is 19.4 Å². The Hall–Kier alpha value is -1.16. The van der Waals surface area contributed by atoms with Gasteiger partial charge < -0.3 is 9.64 Å². The van der Waals surface area contributed by atoms with Crippen LogP contribution in [0.2, 0.25) is 0 Å². The molecule has 0 aromatic heterocycles. The Morgan fingerprint density at radius 1 is 1.54 bits per heavy atom. The van der Waals surface area contributed by atoms with E-state index in [1.807, 2.05) is 0 Å². The summed E-state index contributed by atoms with van der Waals surface area (Å²) in [5.41, 5.74) is 0.673. The van der Waals surface area contributed by atoms with Gasteiger partial charge in [-0.2, -0.15) is 4.39 Å². The number of nitrogens with zero attached hydrogens (tertiary/aromatic N) is 1. The summed E-state index contributed by atoms with van der Waals surface area (Å²) >= 11 is 4.40. The van der Waals surface area contributed by atoms with Crippen LogP contribution in [0.5, 0.6) is 5.75 Å². The number of anilines is 1. The Kier molecular flexibility index (Phi) is 3.19. The maximum atomic E-state index is 12.6. The van der Waals surface area contributed by atoms with Crippen LogP contribution in [0.25, 0.3) is 0 Å². The molecule has 1 rings (SSSR count). The van der Waals surface area contributed by atoms with Crippen LogP contribution in [0.15, 0.2) is 24.3 Å². The van der Waals surface area contributed by atoms with Gasteiger partial charge in [-0.15, -0.1) is 0 Å². The van der Waals surface area contributed by atoms with E-state index >= 15 is 0 Å². The zero-order valence-electron chi connectivity index (χ0n) is 7.45. The number of thiocarbonyl (C=S) groups is 1. The van der Waals surface area contributed by atoms with E-state index in [0.29, 0.717) is 11.4 Å². The predicted molar refractivity (Wildman–Crippen MR) is 55.1 cm³/mol. The highest BCUT2D eigenvalue weighted by molar-refractivity contribution is 7.80. The van der Waals surface area contributed by atoms with E-state index in [1.54, 1.807) is 38.4 Å². The van der Waals surface area contributed by atoms with Crippen LogP contribution in [0.4, 0.5) is 10.1 Å². The number of methoxy groups -OCH3 is 1. The number of halogens is 1. The molecule has 13 heavy (non-hydrogen) atoms. The molecule has 0 bridgehead atoms. The normalized spacial score (nSPS) is 9.46. The topological polar surface area (TPSA) is 12.5 Å². The van der Waals surface area contributed by atoms with Crippen molar-refractivity contribution in [2.75, 3.05) is 19.1 Å². The number of hydrogen-bond acceptors (Lipinski definition) is 2. The van der Waals surface area contributed by atoms with Gasteiger partial charge >= 0.3 is 0 Å². The Morgan fingerprint density at radius 2 is 2.23 bits per heavy atom. The lowest BCUT2D eigenvalue weighted by Crippen LogP contribution is -2.19. The molecule has 0 saturated heterocycles. The minimum atomic E-state index is -0.659. The summed E-state index contributed by atoms with van der Waals surface area (Å²) in [5.74, 6) is 0.681. The molecule has 0 amide bonds. The first-order chi connectivity index (χ1) is 6.15. The summed E-state index contributed by atoms with van der Waals surface area (Å²) in [5, 5.41) is -0.659. The van der Waals surface area contributed by atoms with Crippen molar-refractivity contribution in [3.8, 4) is 5.75 Å². The fourth-order valence-electron chi connectivity index (χ4n) is 0.921. The van der Waals surface area contributed by atoms with Crippen molar-refractivity contribution in [2.45, 2.75) is 0 Å². The lowest BCUT2D eigenvalue weighted by molar-refractivity contribution is 0.415. The van der Waals surface area contributed by atoms with Gasteiger partial charge in [0, 0.05) is 18.8 Å². The molecule has 70 valence electrons. The maximum Gasteiger partial charge on any atom is 0.259 e. The first-order valence-electron chi connectivity index (χ1n) is 3.72. The molecule has 0 atom stereocenters. The lowest BCUT2D eigenvalue weighted by atomic mass is 10.3. The van der Waals surface area contributed by atoms with Crippen molar-refractivity contribution in [1.29, 1.82) is 0 Å². The highest BCUT2D eigenvalue weighted by Gasteiger charge is 2.05. The third-order valence-corrected chi connectivity index (χ3v) is 1.98. The van der Waals surface area contributed by atoms with E-state index in [0.717, 1.165) is 0 Å². The largest absolute Gasteiger partial charge is 0.497 e. The summed E-state index contributed by atoms with van der Waals surface area (Å²) in [4.78, 5) is 1.28. The van der Waals surface area contributed by atoms with Crippen molar-refractivity contribution in [1.82, 2.24) is 0 Å². The maximum absolute atomic E-state index is 12.6. The lowest BCUT2D eigenvalue weighted by Gasteiger charge is -2.14. The Morgan fingerprint density at radius 3 is 2.77 bits per heavy atom. The molecule has 2 nitrogen and oxygen atoms in total. The van der Waals surface area contributed by atoms with Crippen molar-refractivity contribution < 1.29 is 9.13 Å². The number of ether oxygens (including phenoxy) is 1. The molecular weight excluding hydrogens is 189 g/mol. The van der Waals surface area contributed by atoms with Gasteiger partial charge in [-0.1, -0.05) is 6.07 Å². The molecule has 0 spiro atoms. The van der Waals surface area contributed by atoms with Crippen molar-refractivity contribution in [2.24, 2.45) is 0 Å². The zero-order valence-corrected chi connectivity index (χ0v) is 8.27. The number of benzene rings is 1. The second-order valence-electron chi connectivity index (χ2n) is 2.51. The van der Waals surface area contributed by atoms with Gasteiger partial charge in [0.25, 0.3) is 5.24 Å². The monoisotopic (exact) mass is 199 g/mol. The molecule has 1 aromatic rings. The standard InChI is InChI=1S/C9H10FNOS/c1-11(9(10)13)7-4-3-5-8(6-7)12-2/h3-6H,1-2H3. The Labute approximate surface area is 81.9 Å². The molecule has 0 heterocycles. The molecule has 0 radical (unpaired) electrons. The average Bonchev–Trinajstić information content (AvgIpc) is 2.16. The summed E-state index contributed by atoms with van der Waals surface area (Å²) < 4.78 is 17.6. The second-order valence-corrected chi connectivity index (χ2v) is 2.85. The summed E-state index contributed by atoms with van der Waals surface area (Å²) in [7, 11) is 3.13. The third-order valence-electron chi connectivity index (χ3n) is 1.70. The fraction of sp³-hybridized carbons (Fsp3) is 0.222. The highest BCUT2D eigenvalue weighted by atomic mass is 32.1. The summed E-state index contributed by atoms with van der Waals surface area (Å²) in [6.45, 7) is 0. The first-order valence-corrected chi connectivity index (χ1v) is 4.13. The van der Waals surface area contributed by atoms with E-state index in [2.05, 4.69) is 12.2 Å². The van der Waals surface area contributed by atoms with Gasteiger partial charge in [0.2, 0.25) is 0 Å². The van der Waals surface area contributed by atoms with Gasteiger partial charge in [0.05, 0.1) is 7.11 Å². The van der Waals surface area contributed by atoms with Gasteiger partial charge in [0.1, 0.15) is 5.75 Å². The van der Waals surface area contributed by atoms with Gasteiger partial charge in [-0.3, -0.25) is 0 Å². The van der Waals surface area contributed by atoms with Crippen LogP contribution < -0.4 is 9.64 Å². The fourth-order valence-corrected chi connectivity index (χ4v) is 1.03. The smallest absolute Gasteiger partial charge is 0.259 e. The van der Waals surface area contributed by atoms with Crippen molar-refractivity contribution >= 4 is 23.1 Å². The quantitative estimate of drug-likeness (QED) is 0.412. The van der Waals surface area contributed by atoms with E-state index in [-0.39, 0.29) is 0 Å². The van der Waals surface area contributed by atoms with Crippen molar-refractivity contribution in [3.05, 3.63) is 24.3 Å². The SMILES string of the molecule is COc1cccc(N(C)C(F)=S)c1. The number of rotatable bonds is 2. The molecule has 0 N–H and O–H groups in total. The van der Waals surface area contributed by atoms with Gasteiger partial charge in [-0.05, 0) is 24.4 Å².